The summed E-state index contributed by atoms with van der Waals surface area (Å²) >= 11 is 1.47. The molecule has 6 nitrogen and oxygen atoms in total. The average molecular weight is 320 g/mol. The largest absolute Gasteiger partial charge is 0.497 e. The molecule has 0 aliphatic rings. The van der Waals surface area contributed by atoms with Crippen molar-refractivity contribution in [3.8, 4) is 5.75 Å². The van der Waals surface area contributed by atoms with Gasteiger partial charge in [-0.3, -0.25) is 4.79 Å². The van der Waals surface area contributed by atoms with E-state index in [9.17, 15) is 4.79 Å². The van der Waals surface area contributed by atoms with Crippen LogP contribution in [-0.2, 0) is 11.3 Å². The molecule has 1 unspecified atom stereocenters. The molecule has 2 rings (SSSR count). The zero-order valence-electron chi connectivity index (χ0n) is 12.9. The zero-order valence-corrected chi connectivity index (χ0v) is 13.8. The Balaban J connectivity index is 1.87. The Kier molecular flexibility index (Phi) is 5.83. The van der Waals surface area contributed by atoms with Crippen LogP contribution in [0.2, 0.25) is 0 Å². The summed E-state index contributed by atoms with van der Waals surface area (Å²) in [6, 6.07) is 7.49. The van der Waals surface area contributed by atoms with E-state index in [0.29, 0.717) is 5.75 Å². The van der Waals surface area contributed by atoms with Crippen LogP contribution < -0.4 is 10.1 Å². The number of hydrogen-bond donors (Lipinski definition) is 1. The number of aromatic nitrogens is 3. The van der Waals surface area contributed by atoms with Crippen LogP contribution in [0.15, 0.2) is 35.5 Å². The van der Waals surface area contributed by atoms with Crippen LogP contribution in [0.4, 0.5) is 0 Å². The van der Waals surface area contributed by atoms with Crippen molar-refractivity contribution >= 4 is 17.7 Å². The number of nitrogens with zero attached hydrogens (tertiary/aromatic N) is 3. The van der Waals surface area contributed by atoms with E-state index in [-0.39, 0.29) is 11.9 Å². The Labute approximate surface area is 134 Å². The molecule has 7 heteroatoms. The van der Waals surface area contributed by atoms with Crippen molar-refractivity contribution in [3.63, 3.8) is 0 Å². The summed E-state index contributed by atoms with van der Waals surface area (Å²) in [4.78, 5) is 17.2. The number of carbonyl (C=O) groups excluding carboxylic acids is 1. The predicted molar refractivity (Wildman–Crippen MR) is 86.0 cm³/mol. The number of ether oxygens (including phenoxy) is 1. The Morgan fingerprint density at radius 1 is 1.50 bits per heavy atom. The molecule has 1 aromatic heterocycles. The highest BCUT2D eigenvalue weighted by atomic mass is 32.2. The highest BCUT2D eigenvalue weighted by Gasteiger charge is 2.15. The molecule has 0 aliphatic carbocycles. The van der Waals surface area contributed by atoms with Gasteiger partial charge in [-0.2, -0.15) is 5.10 Å². The predicted octanol–water partition coefficient (Wildman–Crippen LogP) is 2.28. The van der Waals surface area contributed by atoms with Gasteiger partial charge < -0.3 is 10.1 Å². The second kappa shape index (κ2) is 7.84. The van der Waals surface area contributed by atoms with Gasteiger partial charge in [-0.05, 0) is 32.0 Å². The molecule has 118 valence electrons. The third kappa shape index (κ3) is 4.24. The number of benzene rings is 1. The molecular formula is C15H20N4O2S. The van der Waals surface area contributed by atoms with Crippen molar-refractivity contribution in [2.24, 2.45) is 0 Å². The van der Waals surface area contributed by atoms with Crippen molar-refractivity contribution in [2.45, 2.75) is 31.3 Å². The van der Waals surface area contributed by atoms with Gasteiger partial charge in [0.2, 0.25) is 5.91 Å². The quantitative estimate of drug-likeness (QED) is 0.793. The molecule has 0 saturated carbocycles. The number of carbonyl (C=O) groups is 1. The third-order valence-electron chi connectivity index (χ3n) is 3.12. The lowest BCUT2D eigenvalue weighted by atomic mass is 10.3. The van der Waals surface area contributed by atoms with Gasteiger partial charge in [0.25, 0.3) is 0 Å². The Morgan fingerprint density at radius 2 is 2.32 bits per heavy atom. The van der Waals surface area contributed by atoms with Crippen LogP contribution in [-0.4, -0.2) is 33.5 Å². The Hall–Kier alpha value is -2.02. The molecule has 1 aromatic carbocycles. The minimum Gasteiger partial charge on any atom is -0.497 e. The monoisotopic (exact) mass is 320 g/mol. The maximum Gasteiger partial charge on any atom is 0.230 e. The van der Waals surface area contributed by atoms with E-state index in [1.807, 2.05) is 38.1 Å². The topological polar surface area (TPSA) is 69.0 Å². The molecule has 2 aromatic rings. The van der Waals surface area contributed by atoms with Crippen LogP contribution in [0.1, 0.15) is 25.7 Å². The maximum atomic E-state index is 12.1. The molecule has 0 saturated heterocycles. The van der Waals surface area contributed by atoms with Crippen LogP contribution in [0.3, 0.4) is 0 Å². The fourth-order valence-electron chi connectivity index (χ4n) is 2.04. The number of amides is 1. The van der Waals surface area contributed by atoms with Gasteiger partial charge in [0.05, 0.1) is 18.9 Å². The molecule has 0 radical (unpaired) electrons. The summed E-state index contributed by atoms with van der Waals surface area (Å²) < 4.78 is 6.95. The summed E-state index contributed by atoms with van der Waals surface area (Å²) in [6.07, 6.45) is 1.51. The van der Waals surface area contributed by atoms with Crippen molar-refractivity contribution in [1.82, 2.24) is 20.1 Å². The van der Waals surface area contributed by atoms with Gasteiger partial charge in [0.15, 0.2) is 0 Å². The first-order chi connectivity index (χ1) is 10.6. The standard InChI is InChI=1S/C15H20N4O2S/c1-4-19-15(16-10-17-19)11(2)18-14(20)9-22-13-7-5-6-12(8-13)21-3/h5-8,10-11H,4,9H2,1-3H3,(H,18,20). The fourth-order valence-corrected chi connectivity index (χ4v) is 2.80. The van der Waals surface area contributed by atoms with Crippen LogP contribution in [0.25, 0.3) is 0 Å². The summed E-state index contributed by atoms with van der Waals surface area (Å²) in [5, 5.41) is 7.05. The minimum atomic E-state index is -0.166. The molecule has 0 aliphatic heterocycles. The minimum absolute atomic E-state index is 0.0361. The van der Waals surface area contributed by atoms with Crippen LogP contribution >= 0.6 is 11.8 Å². The van der Waals surface area contributed by atoms with E-state index in [2.05, 4.69) is 15.4 Å². The van der Waals surface area contributed by atoms with E-state index in [1.54, 1.807) is 11.8 Å². The van der Waals surface area contributed by atoms with Crippen LogP contribution in [0, 0.1) is 0 Å². The number of thioether (sulfide) groups is 1. The lowest BCUT2D eigenvalue weighted by Crippen LogP contribution is -2.30. The first-order valence-electron chi connectivity index (χ1n) is 7.08. The number of rotatable bonds is 7. The summed E-state index contributed by atoms with van der Waals surface area (Å²) in [5.74, 6) is 1.86. The molecule has 1 atom stereocenters. The lowest BCUT2D eigenvalue weighted by Gasteiger charge is -2.13. The molecular weight excluding hydrogens is 300 g/mol. The number of hydrogen-bond acceptors (Lipinski definition) is 5. The Morgan fingerprint density at radius 3 is 3.05 bits per heavy atom. The third-order valence-corrected chi connectivity index (χ3v) is 4.11. The molecule has 1 heterocycles. The number of methoxy groups -OCH3 is 1. The molecule has 1 N–H and O–H groups in total. The van der Waals surface area contributed by atoms with Gasteiger partial charge in [0.1, 0.15) is 17.9 Å². The molecule has 1 amide bonds. The fraction of sp³-hybridized carbons (Fsp3) is 0.400. The van der Waals surface area contributed by atoms with Gasteiger partial charge in [0, 0.05) is 11.4 Å². The smallest absolute Gasteiger partial charge is 0.230 e. The van der Waals surface area contributed by atoms with E-state index in [1.165, 1.54) is 18.1 Å². The first-order valence-corrected chi connectivity index (χ1v) is 8.06. The molecule has 0 fully saturated rings. The van der Waals surface area contributed by atoms with Gasteiger partial charge in [-0.25, -0.2) is 9.67 Å². The summed E-state index contributed by atoms with van der Waals surface area (Å²) in [6.45, 7) is 4.63. The van der Waals surface area contributed by atoms with Gasteiger partial charge in [-0.1, -0.05) is 6.07 Å². The lowest BCUT2D eigenvalue weighted by molar-refractivity contribution is -0.119. The number of nitrogens with one attached hydrogen (secondary N) is 1. The first kappa shape index (κ1) is 16.4. The summed E-state index contributed by atoms with van der Waals surface area (Å²) in [7, 11) is 1.63. The Bertz CT molecular complexity index is 630. The second-order valence-corrected chi connectivity index (χ2v) is 5.74. The molecule has 0 spiro atoms. The van der Waals surface area contributed by atoms with Gasteiger partial charge in [-0.15, -0.1) is 11.8 Å². The van der Waals surface area contributed by atoms with Crippen molar-refractivity contribution < 1.29 is 9.53 Å². The highest BCUT2D eigenvalue weighted by Crippen LogP contribution is 2.22. The van der Waals surface area contributed by atoms with Gasteiger partial charge >= 0.3 is 0 Å². The molecule has 0 bridgehead atoms. The van der Waals surface area contributed by atoms with E-state index in [4.69, 9.17) is 4.74 Å². The number of aryl methyl sites for hydroxylation is 1. The zero-order chi connectivity index (χ0) is 15.9. The summed E-state index contributed by atoms with van der Waals surface area (Å²) in [5.41, 5.74) is 0. The van der Waals surface area contributed by atoms with Crippen molar-refractivity contribution in [1.29, 1.82) is 0 Å². The van der Waals surface area contributed by atoms with Crippen molar-refractivity contribution in [3.05, 3.63) is 36.4 Å². The SMILES string of the molecule is CCn1ncnc1C(C)NC(=O)CSc1cccc(OC)c1. The normalized spacial score (nSPS) is 12.0. The second-order valence-electron chi connectivity index (χ2n) is 4.69. The maximum absolute atomic E-state index is 12.1. The van der Waals surface area contributed by atoms with Crippen LogP contribution in [0.5, 0.6) is 5.75 Å². The molecule has 22 heavy (non-hydrogen) atoms. The average Bonchev–Trinajstić information content (AvgIpc) is 3.02. The van der Waals surface area contributed by atoms with Crippen molar-refractivity contribution in [2.75, 3.05) is 12.9 Å². The van der Waals surface area contributed by atoms with E-state index >= 15 is 0 Å². The highest BCUT2D eigenvalue weighted by molar-refractivity contribution is 8.00. The van der Waals surface area contributed by atoms with E-state index < -0.39 is 0 Å². The van der Waals surface area contributed by atoms with E-state index in [0.717, 1.165) is 23.0 Å².